The Bertz CT molecular complexity index is 1220. The van der Waals surface area contributed by atoms with Crippen LogP contribution in [0.2, 0.25) is 0 Å². The third kappa shape index (κ3) is 12.0. The van der Waals surface area contributed by atoms with Crippen LogP contribution in [0.3, 0.4) is 0 Å². The predicted octanol–water partition coefficient (Wildman–Crippen LogP) is -2.55. The van der Waals surface area contributed by atoms with E-state index >= 15 is 0 Å². The number of hydrogen-bond donors (Lipinski definition) is 0. The second-order valence-corrected chi connectivity index (χ2v) is 13.1. The van der Waals surface area contributed by atoms with E-state index in [0.717, 1.165) is 0 Å². The Balaban J connectivity index is 0.000000733. The van der Waals surface area contributed by atoms with Crippen molar-refractivity contribution < 1.29 is 56.7 Å². The van der Waals surface area contributed by atoms with Gasteiger partial charge < -0.3 is 37.2 Å². The van der Waals surface area contributed by atoms with E-state index in [1.807, 2.05) is 0 Å². The molecule has 0 fully saturated rings. The van der Waals surface area contributed by atoms with Crippen LogP contribution in [0.15, 0.2) is 182 Å². The van der Waals surface area contributed by atoms with Crippen LogP contribution in [0.1, 0.15) is 0 Å². The van der Waals surface area contributed by atoms with Crippen molar-refractivity contribution in [1.29, 1.82) is 0 Å². The first-order valence-corrected chi connectivity index (χ1v) is 15.7. The summed E-state index contributed by atoms with van der Waals surface area (Å²) in [6, 6.07) is 64.7. The molecule has 0 aliphatic rings. The standard InChI is InChI=1S/2C18H15P.3ClH.NO.Ru/c2*1-4-10-16(11-5-1)19(17-12-6-2-7-13-17)18-14-8-3-9-15-18;;;;1-2;/h2*1-15H;3*1H;;/q;;;;;;+3/p-3. The molecule has 0 saturated heterocycles. The minimum Gasteiger partial charge on any atom is -1.00 e. The number of benzene rings is 6. The number of halogens is 3. The van der Waals surface area contributed by atoms with E-state index in [-0.39, 0.29) is 56.7 Å². The van der Waals surface area contributed by atoms with E-state index in [4.69, 9.17) is 10.5 Å². The van der Waals surface area contributed by atoms with E-state index in [2.05, 4.69) is 182 Å². The van der Waals surface area contributed by atoms with Gasteiger partial charge in [0.05, 0.1) is 0 Å². The Morgan fingerprint density at radius 1 is 0.273 bits per heavy atom. The van der Waals surface area contributed by atoms with Gasteiger partial charge in [0.25, 0.3) is 0 Å². The van der Waals surface area contributed by atoms with Gasteiger partial charge >= 0.3 is 19.5 Å². The molecular weight excluding hydrogens is 732 g/mol. The number of nitroso groups, excluding NO2 is 1. The molecule has 0 aliphatic heterocycles. The summed E-state index contributed by atoms with van der Waals surface area (Å²) in [6.07, 6.45) is 0. The van der Waals surface area contributed by atoms with Crippen LogP contribution in [-0.2, 0) is 19.5 Å². The molecule has 0 saturated carbocycles. The Hall–Kier alpha value is -2.73. The first-order valence-electron chi connectivity index (χ1n) is 13.0. The second kappa shape index (κ2) is 23.6. The van der Waals surface area contributed by atoms with Gasteiger partial charge in [-0.1, -0.05) is 182 Å². The quantitative estimate of drug-likeness (QED) is 0.136. The van der Waals surface area contributed by atoms with Gasteiger partial charge in [-0.3, -0.25) is 0 Å². The average Bonchev–Trinajstić information content (AvgIpc) is 3.06. The normalized spacial score (nSPS) is 9.23. The predicted molar refractivity (Wildman–Crippen MR) is 176 cm³/mol. The molecule has 0 unspecified atom stereocenters. The summed E-state index contributed by atoms with van der Waals surface area (Å²) in [5.41, 5.74) is 5.75. The third-order valence-corrected chi connectivity index (χ3v) is 11.0. The van der Waals surface area contributed by atoms with Crippen LogP contribution < -0.4 is 74.6 Å². The minimum atomic E-state index is -0.446. The SMILES string of the molecule is [Cl-].[Cl-].[Cl-].[N]=O.[Ru+3].c1ccc(P(c2ccccc2)c2ccccc2)cc1.c1ccc(P(c2ccccc2)c2ccccc2)cc1. The summed E-state index contributed by atoms with van der Waals surface area (Å²) in [4.78, 5) is 7.25. The molecule has 0 aromatic heterocycles. The fourth-order valence-electron chi connectivity index (χ4n) is 4.36. The maximum absolute atomic E-state index is 7.25. The maximum atomic E-state index is 7.25. The van der Waals surface area contributed by atoms with E-state index in [9.17, 15) is 0 Å². The zero-order valence-electron chi connectivity index (χ0n) is 23.6. The first kappa shape index (κ1) is 41.3. The van der Waals surface area contributed by atoms with Crippen molar-refractivity contribution in [3.05, 3.63) is 187 Å². The molecule has 0 heterocycles. The number of rotatable bonds is 6. The molecule has 6 aromatic carbocycles. The minimum absolute atomic E-state index is 0. The van der Waals surface area contributed by atoms with Gasteiger partial charge in [-0.15, -0.1) is 4.91 Å². The molecule has 0 spiro atoms. The fraction of sp³-hybridized carbons (Fsp3) is 0. The van der Waals surface area contributed by atoms with Crippen molar-refractivity contribution in [2.75, 3.05) is 0 Å². The van der Waals surface area contributed by atoms with Gasteiger partial charge in [-0.2, -0.15) is 0 Å². The average molecular weight is 762 g/mol. The third-order valence-electron chi connectivity index (χ3n) is 6.09. The monoisotopic (exact) mass is 761 g/mol. The summed E-state index contributed by atoms with van der Waals surface area (Å²) in [5.74, 6) is 0. The largest absolute Gasteiger partial charge is 3.00 e. The second-order valence-electron chi connectivity index (χ2n) is 8.68. The van der Waals surface area contributed by atoms with Gasteiger partial charge in [-0.25, -0.2) is 0 Å². The van der Waals surface area contributed by atoms with Gasteiger partial charge in [-0.05, 0) is 47.7 Å². The van der Waals surface area contributed by atoms with E-state index < -0.39 is 15.8 Å². The Kier molecular flexibility index (Phi) is 22.2. The zero-order chi connectivity index (χ0) is 27.8. The topological polar surface area (TPSA) is 39.4 Å². The first-order chi connectivity index (χ1) is 19.9. The number of nitrogens with zero attached hydrogens (tertiary/aromatic N) is 1. The van der Waals surface area contributed by atoms with Crippen molar-refractivity contribution in [1.82, 2.24) is 5.59 Å². The van der Waals surface area contributed by atoms with Crippen LogP contribution >= 0.6 is 15.8 Å². The molecule has 8 heteroatoms. The van der Waals surface area contributed by atoms with Crippen molar-refractivity contribution >= 4 is 47.7 Å². The van der Waals surface area contributed by atoms with Crippen LogP contribution in [0.5, 0.6) is 0 Å². The van der Waals surface area contributed by atoms with Crippen molar-refractivity contribution in [3.63, 3.8) is 0 Å². The smallest absolute Gasteiger partial charge is 1.00 e. The zero-order valence-corrected chi connectivity index (χ0v) is 29.4. The molecule has 2 radical (unpaired) electrons. The van der Waals surface area contributed by atoms with Crippen molar-refractivity contribution in [2.45, 2.75) is 0 Å². The fourth-order valence-corrected chi connectivity index (χ4v) is 8.97. The molecule has 0 N–H and O–H groups in total. The van der Waals surface area contributed by atoms with E-state index in [1.54, 1.807) is 0 Å². The van der Waals surface area contributed by atoms with E-state index in [0.29, 0.717) is 0 Å². The van der Waals surface area contributed by atoms with Crippen molar-refractivity contribution in [2.24, 2.45) is 0 Å². The molecule has 6 aromatic rings. The summed E-state index contributed by atoms with van der Waals surface area (Å²) in [5, 5.41) is 8.39. The maximum Gasteiger partial charge on any atom is 3.00 e. The van der Waals surface area contributed by atoms with Crippen molar-refractivity contribution in [3.8, 4) is 0 Å². The van der Waals surface area contributed by atoms with Gasteiger partial charge in [0.15, 0.2) is 0 Å². The molecule has 0 bridgehead atoms. The number of hydrogen-bond acceptors (Lipinski definition) is 1. The summed E-state index contributed by atoms with van der Waals surface area (Å²) >= 11 is 0. The Labute approximate surface area is 295 Å². The molecule has 224 valence electrons. The molecular formula is C36H30Cl3NOP2Ru. The molecule has 0 amide bonds. The Morgan fingerprint density at radius 3 is 0.500 bits per heavy atom. The van der Waals surface area contributed by atoms with E-state index in [1.165, 1.54) is 31.8 Å². The van der Waals surface area contributed by atoms with Crippen LogP contribution in [0.4, 0.5) is 0 Å². The Morgan fingerprint density at radius 2 is 0.386 bits per heavy atom. The van der Waals surface area contributed by atoms with Gasteiger partial charge in [0.1, 0.15) is 5.59 Å². The summed E-state index contributed by atoms with van der Waals surface area (Å²) in [6.45, 7) is 0. The van der Waals surface area contributed by atoms with Crippen LogP contribution in [0, 0.1) is 4.91 Å². The summed E-state index contributed by atoms with van der Waals surface area (Å²) < 4.78 is 0. The summed E-state index contributed by atoms with van der Waals surface area (Å²) in [7, 11) is -0.892. The van der Waals surface area contributed by atoms with Crippen LogP contribution in [-0.4, -0.2) is 0 Å². The molecule has 2 nitrogen and oxygen atoms in total. The molecule has 0 atom stereocenters. The van der Waals surface area contributed by atoms with Crippen LogP contribution in [0.25, 0.3) is 0 Å². The van der Waals surface area contributed by atoms with Gasteiger partial charge in [0.2, 0.25) is 0 Å². The van der Waals surface area contributed by atoms with Gasteiger partial charge in [0, 0.05) is 0 Å². The molecule has 6 rings (SSSR count). The molecule has 0 aliphatic carbocycles. The molecule has 44 heavy (non-hydrogen) atoms.